The number of hydrogen-bond donors (Lipinski definition) is 1. The number of carbonyl (C=O) groups is 1. The Morgan fingerprint density at radius 3 is 2.32 bits per heavy atom. The number of carbonyl (C=O) groups excluding carboxylic acids is 1. The Labute approximate surface area is 160 Å². The fourth-order valence-corrected chi connectivity index (χ4v) is 2.42. The van der Waals surface area contributed by atoms with Gasteiger partial charge in [-0.2, -0.15) is 18.3 Å². The first-order valence-electron chi connectivity index (χ1n) is 8.27. The van der Waals surface area contributed by atoms with Gasteiger partial charge in [-0.3, -0.25) is 9.48 Å². The average Bonchev–Trinajstić information content (AvgIpc) is 3.01. The molecule has 2 N–H and O–H groups in total. The standard InChI is InChI=1S/C14H15NO.C6H5F3N2O/c1-10-7-8-13(11(2)9-10)16-14-6-4-3-5-12(14)15;1-11-2-4(3-12)5(10-11)6(7,8)9/h3-9H,15H2,1-2H3;2-3H,1H3. The van der Waals surface area contributed by atoms with Crippen LogP contribution in [0.3, 0.4) is 0 Å². The number of anilines is 1. The number of halogens is 3. The molecule has 0 radical (unpaired) electrons. The van der Waals surface area contributed by atoms with Gasteiger partial charge < -0.3 is 10.5 Å². The fraction of sp³-hybridized carbons (Fsp3) is 0.200. The van der Waals surface area contributed by atoms with Crippen LogP contribution in [-0.4, -0.2) is 16.1 Å². The van der Waals surface area contributed by atoms with Gasteiger partial charge in [-0.05, 0) is 37.6 Å². The maximum atomic E-state index is 12.0. The van der Waals surface area contributed by atoms with Gasteiger partial charge in [-0.15, -0.1) is 0 Å². The van der Waals surface area contributed by atoms with Crippen LogP contribution in [-0.2, 0) is 13.2 Å². The van der Waals surface area contributed by atoms with Crippen molar-refractivity contribution in [2.75, 3.05) is 5.73 Å². The molecule has 0 bridgehead atoms. The number of rotatable bonds is 3. The van der Waals surface area contributed by atoms with Crippen LogP contribution in [0.5, 0.6) is 11.5 Å². The third kappa shape index (κ3) is 5.35. The lowest BCUT2D eigenvalue weighted by atomic mass is 10.1. The van der Waals surface area contributed by atoms with Crippen molar-refractivity contribution in [1.29, 1.82) is 0 Å². The van der Waals surface area contributed by atoms with E-state index in [0.29, 0.717) is 11.4 Å². The summed E-state index contributed by atoms with van der Waals surface area (Å²) >= 11 is 0. The highest BCUT2D eigenvalue weighted by atomic mass is 19.4. The molecule has 0 atom stereocenters. The van der Waals surface area contributed by atoms with Crippen LogP contribution in [0.15, 0.2) is 48.7 Å². The van der Waals surface area contributed by atoms with Crippen LogP contribution in [0.2, 0.25) is 0 Å². The molecule has 0 aliphatic heterocycles. The molecule has 5 nitrogen and oxygen atoms in total. The number of ether oxygens (including phenoxy) is 1. The van der Waals surface area contributed by atoms with Gasteiger partial charge in [0.1, 0.15) is 11.5 Å². The van der Waals surface area contributed by atoms with Gasteiger partial charge in [-0.1, -0.05) is 29.8 Å². The fourth-order valence-electron chi connectivity index (χ4n) is 2.42. The van der Waals surface area contributed by atoms with E-state index in [9.17, 15) is 18.0 Å². The summed E-state index contributed by atoms with van der Waals surface area (Å²) in [5, 5.41) is 3.11. The number of aryl methyl sites for hydroxylation is 3. The SMILES string of the molecule is Cc1ccc(Oc2ccccc2N)c(C)c1.Cn1cc(C=O)c(C(F)(F)F)n1. The third-order valence-electron chi connectivity index (χ3n) is 3.72. The molecule has 0 unspecified atom stereocenters. The zero-order valence-corrected chi connectivity index (χ0v) is 15.6. The summed E-state index contributed by atoms with van der Waals surface area (Å²) in [6.45, 7) is 4.09. The predicted octanol–water partition coefficient (Wildman–Crippen LogP) is 4.93. The zero-order valence-electron chi connectivity index (χ0n) is 15.6. The van der Waals surface area contributed by atoms with E-state index in [1.54, 1.807) is 0 Å². The lowest BCUT2D eigenvalue weighted by molar-refractivity contribution is -0.141. The molecule has 0 spiro atoms. The Kier molecular flexibility index (Phi) is 6.45. The lowest BCUT2D eigenvalue weighted by Gasteiger charge is -2.10. The number of nitrogens with zero attached hydrogens (tertiary/aromatic N) is 2. The molecule has 1 heterocycles. The van der Waals surface area contributed by atoms with Gasteiger partial charge in [0, 0.05) is 13.2 Å². The monoisotopic (exact) mass is 391 g/mol. The molecule has 0 aliphatic carbocycles. The lowest BCUT2D eigenvalue weighted by Crippen LogP contribution is -2.09. The molecule has 2 aromatic carbocycles. The molecule has 0 aliphatic rings. The van der Waals surface area contributed by atoms with Crippen molar-refractivity contribution in [2.45, 2.75) is 20.0 Å². The van der Waals surface area contributed by atoms with Crippen molar-refractivity contribution in [3.05, 3.63) is 71.0 Å². The summed E-state index contributed by atoms with van der Waals surface area (Å²) in [4.78, 5) is 10.1. The number of nitrogen functional groups attached to an aromatic ring is 1. The van der Waals surface area contributed by atoms with E-state index in [2.05, 4.69) is 18.1 Å². The van der Waals surface area contributed by atoms with Gasteiger partial charge >= 0.3 is 6.18 Å². The summed E-state index contributed by atoms with van der Waals surface area (Å²) in [5.74, 6) is 1.55. The van der Waals surface area contributed by atoms with Crippen molar-refractivity contribution >= 4 is 12.0 Å². The van der Waals surface area contributed by atoms with Crippen molar-refractivity contribution in [3.63, 3.8) is 0 Å². The van der Waals surface area contributed by atoms with Crippen LogP contribution in [0.1, 0.15) is 27.2 Å². The molecule has 1 aromatic heterocycles. The number of aldehydes is 1. The van der Waals surface area contributed by atoms with E-state index in [0.717, 1.165) is 22.2 Å². The number of benzene rings is 2. The molecule has 0 amide bonds. The normalized spacial score (nSPS) is 10.8. The second kappa shape index (κ2) is 8.60. The van der Waals surface area contributed by atoms with Crippen molar-refractivity contribution in [1.82, 2.24) is 9.78 Å². The highest BCUT2D eigenvalue weighted by molar-refractivity contribution is 5.76. The van der Waals surface area contributed by atoms with Gasteiger partial charge in [0.15, 0.2) is 12.0 Å². The van der Waals surface area contributed by atoms with Crippen LogP contribution in [0, 0.1) is 13.8 Å². The van der Waals surface area contributed by atoms with Gasteiger partial charge in [0.25, 0.3) is 0 Å². The molecule has 0 saturated carbocycles. The third-order valence-corrected chi connectivity index (χ3v) is 3.72. The maximum Gasteiger partial charge on any atom is 0.435 e. The first-order chi connectivity index (χ1) is 13.1. The molecule has 0 saturated heterocycles. The minimum Gasteiger partial charge on any atom is -0.455 e. The Balaban J connectivity index is 0.000000209. The summed E-state index contributed by atoms with van der Waals surface area (Å²) in [6.07, 6.45) is -3.40. The van der Waals surface area contributed by atoms with E-state index in [4.69, 9.17) is 10.5 Å². The van der Waals surface area contributed by atoms with E-state index >= 15 is 0 Å². The number of nitrogens with two attached hydrogens (primary N) is 1. The summed E-state index contributed by atoms with van der Waals surface area (Å²) in [6, 6.07) is 13.6. The zero-order chi connectivity index (χ0) is 20.9. The van der Waals surface area contributed by atoms with Crippen molar-refractivity contribution in [3.8, 4) is 11.5 Å². The number of aromatic nitrogens is 2. The molecule has 8 heteroatoms. The van der Waals surface area contributed by atoms with Crippen LogP contribution >= 0.6 is 0 Å². The topological polar surface area (TPSA) is 70.1 Å². The quantitative estimate of drug-likeness (QED) is 0.508. The van der Waals surface area contributed by atoms with Crippen molar-refractivity contribution in [2.24, 2.45) is 7.05 Å². The number of para-hydroxylation sites is 2. The first-order valence-corrected chi connectivity index (χ1v) is 8.27. The first kappa shape index (κ1) is 21.0. The summed E-state index contributed by atoms with van der Waals surface area (Å²) < 4.78 is 42.8. The maximum absolute atomic E-state index is 12.0. The van der Waals surface area contributed by atoms with Crippen molar-refractivity contribution < 1.29 is 22.7 Å². The Hall–Kier alpha value is -3.29. The van der Waals surface area contributed by atoms with Crippen LogP contribution in [0.25, 0.3) is 0 Å². The summed E-state index contributed by atoms with van der Waals surface area (Å²) in [7, 11) is 1.32. The molecule has 3 rings (SSSR count). The van der Waals surface area contributed by atoms with E-state index < -0.39 is 17.4 Å². The number of hydrogen-bond acceptors (Lipinski definition) is 4. The minimum atomic E-state index is -4.56. The molecule has 3 aromatic rings. The Morgan fingerprint density at radius 1 is 1.11 bits per heavy atom. The van der Waals surface area contributed by atoms with Gasteiger partial charge in [0.2, 0.25) is 0 Å². The second-order valence-corrected chi connectivity index (χ2v) is 6.13. The highest BCUT2D eigenvalue weighted by Gasteiger charge is 2.36. The molecule has 0 fully saturated rings. The molecule has 148 valence electrons. The smallest absolute Gasteiger partial charge is 0.435 e. The molecular weight excluding hydrogens is 371 g/mol. The molecule has 28 heavy (non-hydrogen) atoms. The average molecular weight is 391 g/mol. The van der Waals surface area contributed by atoms with Gasteiger partial charge in [-0.25, -0.2) is 0 Å². The molecular formula is C20H20F3N3O2. The Morgan fingerprint density at radius 2 is 1.79 bits per heavy atom. The van der Waals surface area contributed by atoms with Gasteiger partial charge in [0.05, 0.1) is 11.3 Å². The van der Waals surface area contributed by atoms with Crippen LogP contribution < -0.4 is 10.5 Å². The van der Waals surface area contributed by atoms with Crippen LogP contribution in [0.4, 0.5) is 18.9 Å². The minimum absolute atomic E-state index is 0.135. The second-order valence-electron chi connectivity index (χ2n) is 6.13. The van der Waals surface area contributed by atoms with E-state index in [1.807, 2.05) is 43.3 Å². The van der Waals surface area contributed by atoms with E-state index in [-0.39, 0.29) is 6.29 Å². The predicted molar refractivity (Wildman–Crippen MR) is 100 cm³/mol. The Bertz CT molecular complexity index is 966. The number of alkyl halides is 3. The van der Waals surface area contributed by atoms with E-state index in [1.165, 1.54) is 12.6 Å². The summed E-state index contributed by atoms with van der Waals surface area (Å²) in [5.41, 5.74) is 7.24. The largest absolute Gasteiger partial charge is 0.455 e. The highest BCUT2D eigenvalue weighted by Crippen LogP contribution is 2.30.